The molecule has 0 radical (unpaired) electrons. The van der Waals surface area contributed by atoms with Crippen LogP contribution in [0.15, 0.2) is 12.2 Å². The largest absolute Gasteiger partial charge is 0.382 e. The molecular formula is C10H16O2. The molecule has 1 aliphatic rings. The summed E-state index contributed by atoms with van der Waals surface area (Å²) in [6.45, 7) is 5.66. The molecular weight excluding hydrogens is 152 g/mol. The maximum absolute atomic E-state index is 10.6. The average Bonchev–Trinajstić information content (AvgIpc) is 2.30. The van der Waals surface area contributed by atoms with Crippen molar-refractivity contribution in [3.63, 3.8) is 0 Å². The van der Waals surface area contributed by atoms with Gasteiger partial charge in [-0.15, -0.1) is 0 Å². The molecule has 68 valence electrons. The quantitative estimate of drug-likeness (QED) is 0.501. The third-order valence-corrected chi connectivity index (χ3v) is 2.76. The monoisotopic (exact) mass is 168 g/mol. The molecule has 2 unspecified atom stereocenters. The lowest BCUT2D eigenvalue weighted by molar-refractivity contribution is -0.130. The maximum Gasteiger partial charge on any atom is 0.151 e. The van der Waals surface area contributed by atoms with Gasteiger partial charge in [-0.2, -0.15) is 0 Å². The highest BCUT2D eigenvalue weighted by molar-refractivity contribution is 5.62. The van der Waals surface area contributed by atoms with Crippen LogP contribution in [0.5, 0.6) is 0 Å². The van der Waals surface area contributed by atoms with Crippen LogP contribution in [0.2, 0.25) is 0 Å². The third kappa shape index (κ3) is 1.44. The van der Waals surface area contributed by atoms with Gasteiger partial charge in [-0.25, -0.2) is 0 Å². The van der Waals surface area contributed by atoms with Gasteiger partial charge in [0.15, 0.2) is 6.29 Å². The smallest absolute Gasteiger partial charge is 0.151 e. The summed E-state index contributed by atoms with van der Waals surface area (Å²) in [5.74, 6) is 0.0162. The van der Waals surface area contributed by atoms with Gasteiger partial charge in [0.25, 0.3) is 0 Å². The molecule has 0 saturated heterocycles. The van der Waals surface area contributed by atoms with Gasteiger partial charge in [-0.1, -0.05) is 26.0 Å². The Bertz CT molecular complexity index is 214. The van der Waals surface area contributed by atoms with Crippen LogP contribution in [0.4, 0.5) is 0 Å². The number of carbonyl (C=O) groups excluding carboxylic acids is 1. The predicted octanol–water partition coefficient (Wildman–Crippen LogP) is 1.54. The van der Waals surface area contributed by atoms with Gasteiger partial charge in [-0.3, -0.25) is 0 Å². The zero-order valence-corrected chi connectivity index (χ0v) is 7.87. The average molecular weight is 168 g/mol. The molecule has 0 aromatic rings. The van der Waals surface area contributed by atoms with Crippen molar-refractivity contribution in [2.45, 2.75) is 32.8 Å². The summed E-state index contributed by atoms with van der Waals surface area (Å²) >= 11 is 0. The summed E-state index contributed by atoms with van der Waals surface area (Å²) in [6.07, 6.45) is 5.53. The van der Waals surface area contributed by atoms with E-state index in [4.69, 9.17) is 0 Å². The van der Waals surface area contributed by atoms with Crippen molar-refractivity contribution in [1.82, 2.24) is 0 Å². The minimum absolute atomic E-state index is 0.0162. The van der Waals surface area contributed by atoms with E-state index in [2.05, 4.69) is 6.08 Å². The summed E-state index contributed by atoms with van der Waals surface area (Å²) in [5, 5.41) is 9.75. The molecule has 0 heterocycles. The van der Waals surface area contributed by atoms with Crippen LogP contribution >= 0.6 is 0 Å². The van der Waals surface area contributed by atoms with E-state index in [1.807, 2.05) is 19.9 Å². The second kappa shape index (κ2) is 2.70. The van der Waals surface area contributed by atoms with Crippen LogP contribution in [-0.2, 0) is 4.79 Å². The molecule has 1 N–H and O–H groups in total. The second-order valence-corrected chi connectivity index (χ2v) is 4.36. The van der Waals surface area contributed by atoms with Gasteiger partial charge >= 0.3 is 0 Å². The standard InChI is InChI=1S/C10H16O2/c1-9(2)6-4-5-8(9)10(3,12)7-11/h4,6-8,12H,5H2,1-3H3. The first-order valence-corrected chi connectivity index (χ1v) is 4.26. The summed E-state index contributed by atoms with van der Waals surface area (Å²) in [4.78, 5) is 10.6. The van der Waals surface area contributed by atoms with Crippen molar-refractivity contribution < 1.29 is 9.90 Å². The highest BCUT2D eigenvalue weighted by Gasteiger charge is 2.42. The molecule has 2 nitrogen and oxygen atoms in total. The van der Waals surface area contributed by atoms with Crippen molar-refractivity contribution >= 4 is 6.29 Å². The van der Waals surface area contributed by atoms with Crippen LogP contribution in [0.25, 0.3) is 0 Å². The van der Waals surface area contributed by atoms with E-state index in [9.17, 15) is 9.90 Å². The summed E-state index contributed by atoms with van der Waals surface area (Å²) in [7, 11) is 0. The Labute approximate surface area is 73.3 Å². The number of aliphatic hydroxyl groups is 1. The molecule has 2 heteroatoms. The number of rotatable bonds is 2. The van der Waals surface area contributed by atoms with E-state index in [0.29, 0.717) is 6.29 Å². The minimum atomic E-state index is -1.19. The lowest BCUT2D eigenvalue weighted by Crippen LogP contribution is -2.41. The van der Waals surface area contributed by atoms with Crippen LogP contribution < -0.4 is 0 Å². The fourth-order valence-corrected chi connectivity index (χ4v) is 2.00. The third-order valence-electron chi connectivity index (χ3n) is 2.76. The molecule has 2 atom stereocenters. The number of hydrogen-bond acceptors (Lipinski definition) is 2. The molecule has 0 aromatic carbocycles. The van der Waals surface area contributed by atoms with E-state index in [-0.39, 0.29) is 11.3 Å². The number of aldehydes is 1. The first-order chi connectivity index (χ1) is 5.40. The first kappa shape index (κ1) is 9.46. The topological polar surface area (TPSA) is 37.3 Å². The van der Waals surface area contributed by atoms with Crippen LogP contribution in [0.3, 0.4) is 0 Å². The number of carbonyl (C=O) groups is 1. The summed E-state index contributed by atoms with van der Waals surface area (Å²) in [5.41, 5.74) is -1.25. The lowest BCUT2D eigenvalue weighted by Gasteiger charge is -2.34. The second-order valence-electron chi connectivity index (χ2n) is 4.36. The highest BCUT2D eigenvalue weighted by Crippen LogP contribution is 2.42. The zero-order chi connectivity index (χ0) is 9.41. The molecule has 1 aliphatic carbocycles. The van der Waals surface area contributed by atoms with Gasteiger partial charge in [0.1, 0.15) is 5.60 Å². The molecule has 0 fully saturated rings. The minimum Gasteiger partial charge on any atom is -0.382 e. The number of allylic oxidation sites excluding steroid dienone is 2. The molecule has 0 spiro atoms. The van der Waals surface area contributed by atoms with Crippen LogP contribution in [-0.4, -0.2) is 17.0 Å². The van der Waals surface area contributed by atoms with E-state index in [1.54, 1.807) is 6.92 Å². The maximum atomic E-state index is 10.6. The fourth-order valence-electron chi connectivity index (χ4n) is 2.00. The molecule has 0 amide bonds. The highest BCUT2D eigenvalue weighted by atomic mass is 16.3. The molecule has 0 bridgehead atoms. The van der Waals surface area contributed by atoms with Gasteiger partial charge in [0.05, 0.1) is 0 Å². The number of hydrogen-bond donors (Lipinski definition) is 1. The van der Waals surface area contributed by atoms with E-state index in [1.165, 1.54) is 0 Å². The molecule has 12 heavy (non-hydrogen) atoms. The predicted molar refractivity (Wildman–Crippen MR) is 47.7 cm³/mol. The first-order valence-electron chi connectivity index (χ1n) is 4.26. The van der Waals surface area contributed by atoms with Crippen molar-refractivity contribution in [3.8, 4) is 0 Å². The fraction of sp³-hybridized carbons (Fsp3) is 0.700. The van der Waals surface area contributed by atoms with Crippen LogP contribution in [0.1, 0.15) is 27.2 Å². The van der Waals surface area contributed by atoms with Gasteiger partial charge in [0.2, 0.25) is 0 Å². The van der Waals surface area contributed by atoms with Gasteiger partial charge in [-0.05, 0) is 18.8 Å². The zero-order valence-electron chi connectivity index (χ0n) is 7.87. The Morgan fingerprint density at radius 3 is 2.58 bits per heavy atom. The lowest BCUT2D eigenvalue weighted by atomic mass is 9.73. The van der Waals surface area contributed by atoms with Crippen molar-refractivity contribution in [3.05, 3.63) is 12.2 Å². The van der Waals surface area contributed by atoms with Crippen molar-refractivity contribution in [2.75, 3.05) is 0 Å². The Morgan fingerprint density at radius 2 is 2.25 bits per heavy atom. The Kier molecular flexibility index (Phi) is 2.13. The normalized spacial score (nSPS) is 31.5. The van der Waals surface area contributed by atoms with E-state index in [0.717, 1.165) is 6.42 Å². The Balaban J connectivity index is 2.85. The van der Waals surface area contributed by atoms with Crippen molar-refractivity contribution in [1.29, 1.82) is 0 Å². The van der Waals surface area contributed by atoms with Crippen molar-refractivity contribution in [2.24, 2.45) is 11.3 Å². The molecule has 0 aliphatic heterocycles. The van der Waals surface area contributed by atoms with Gasteiger partial charge < -0.3 is 9.90 Å². The Hall–Kier alpha value is -0.630. The molecule has 0 aromatic heterocycles. The SMILES string of the molecule is CC1(C)C=CCC1C(C)(O)C=O. The summed E-state index contributed by atoms with van der Waals surface area (Å²) < 4.78 is 0. The molecule has 1 rings (SSSR count). The van der Waals surface area contributed by atoms with E-state index >= 15 is 0 Å². The van der Waals surface area contributed by atoms with Crippen LogP contribution in [0, 0.1) is 11.3 Å². The Morgan fingerprint density at radius 1 is 1.67 bits per heavy atom. The van der Waals surface area contributed by atoms with E-state index < -0.39 is 5.60 Å². The summed E-state index contributed by atoms with van der Waals surface area (Å²) in [6, 6.07) is 0. The molecule has 0 saturated carbocycles. The van der Waals surface area contributed by atoms with Gasteiger partial charge in [0, 0.05) is 5.92 Å².